The zero-order valence-corrected chi connectivity index (χ0v) is 15.1. The SMILES string of the molecule is C[C@H](NC(=O)N1CCCC[C@@H]1c1ncc[nH]1)C(C)(C)CN(C)C. The molecule has 0 aromatic carbocycles. The Kier molecular flexibility index (Phi) is 5.68. The lowest BCUT2D eigenvalue weighted by Crippen LogP contribution is -2.53. The van der Waals surface area contributed by atoms with Gasteiger partial charge in [0.1, 0.15) is 5.82 Å². The Morgan fingerprint density at radius 1 is 1.52 bits per heavy atom. The molecule has 23 heavy (non-hydrogen) atoms. The average Bonchev–Trinajstić information content (AvgIpc) is 2.99. The number of hydrogen-bond donors (Lipinski definition) is 2. The van der Waals surface area contributed by atoms with Crippen molar-refractivity contribution in [2.75, 3.05) is 27.2 Å². The van der Waals surface area contributed by atoms with Crippen LogP contribution in [0.5, 0.6) is 0 Å². The zero-order valence-electron chi connectivity index (χ0n) is 15.1. The number of nitrogens with zero attached hydrogens (tertiary/aromatic N) is 3. The highest BCUT2D eigenvalue weighted by Crippen LogP contribution is 2.29. The number of hydrogen-bond acceptors (Lipinski definition) is 3. The molecular weight excluding hydrogens is 290 g/mol. The molecule has 130 valence electrons. The predicted molar refractivity (Wildman–Crippen MR) is 92.2 cm³/mol. The van der Waals surface area contributed by atoms with Crippen molar-refractivity contribution in [3.63, 3.8) is 0 Å². The summed E-state index contributed by atoms with van der Waals surface area (Å²) in [5.41, 5.74) is 0.00905. The lowest BCUT2D eigenvalue weighted by Gasteiger charge is -2.39. The number of aromatic nitrogens is 2. The molecule has 1 aromatic heterocycles. The van der Waals surface area contributed by atoms with Gasteiger partial charge in [-0.1, -0.05) is 13.8 Å². The summed E-state index contributed by atoms with van der Waals surface area (Å²) in [5, 5.41) is 3.21. The van der Waals surface area contributed by atoms with Gasteiger partial charge >= 0.3 is 6.03 Å². The summed E-state index contributed by atoms with van der Waals surface area (Å²) in [4.78, 5) is 24.4. The smallest absolute Gasteiger partial charge is 0.318 e. The second-order valence-electron chi connectivity index (χ2n) is 7.58. The summed E-state index contributed by atoms with van der Waals surface area (Å²) in [6.07, 6.45) is 6.74. The Hall–Kier alpha value is -1.56. The van der Waals surface area contributed by atoms with Crippen molar-refractivity contribution < 1.29 is 4.79 Å². The van der Waals surface area contributed by atoms with Gasteiger partial charge in [-0.25, -0.2) is 9.78 Å². The fourth-order valence-electron chi connectivity index (χ4n) is 3.33. The largest absolute Gasteiger partial charge is 0.347 e. The number of nitrogens with one attached hydrogen (secondary N) is 2. The molecule has 1 saturated heterocycles. The third kappa shape index (κ3) is 4.47. The number of urea groups is 1. The molecule has 0 saturated carbocycles. The van der Waals surface area contributed by atoms with Gasteiger partial charge in [-0.15, -0.1) is 0 Å². The van der Waals surface area contributed by atoms with Crippen molar-refractivity contribution in [2.45, 2.75) is 52.1 Å². The molecule has 2 atom stereocenters. The Morgan fingerprint density at radius 2 is 2.26 bits per heavy atom. The van der Waals surface area contributed by atoms with Crippen molar-refractivity contribution in [2.24, 2.45) is 5.41 Å². The molecule has 2 rings (SSSR count). The standard InChI is InChI=1S/C17H31N5O/c1-13(17(2,3)12-21(4)5)20-16(23)22-11-7-6-8-14(22)15-18-9-10-19-15/h9-10,13-14H,6-8,11-12H2,1-5H3,(H,18,19)(H,20,23)/t13-,14+/m0/s1. The summed E-state index contributed by atoms with van der Waals surface area (Å²) in [5.74, 6) is 0.889. The summed E-state index contributed by atoms with van der Waals surface area (Å²) < 4.78 is 0. The number of imidazole rings is 1. The van der Waals surface area contributed by atoms with E-state index in [-0.39, 0.29) is 23.5 Å². The number of H-pyrrole nitrogens is 1. The van der Waals surface area contributed by atoms with E-state index in [0.717, 1.165) is 38.2 Å². The second kappa shape index (κ2) is 7.34. The van der Waals surface area contributed by atoms with Gasteiger partial charge in [-0.3, -0.25) is 0 Å². The van der Waals surface area contributed by atoms with Gasteiger partial charge in [0.05, 0.1) is 6.04 Å². The molecule has 2 heterocycles. The minimum absolute atomic E-state index is 0.00905. The van der Waals surface area contributed by atoms with Crippen LogP contribution in [0.1, 0.15) is 51.9 Å². The summed E-state index contributed by atoms with van der Waals surface area (Å²) in [6.45, 7) is 8.19. The highest BCUT2D eigenvalue weighted by atomic mass is 16.2. The van der Waals surface area contributed by atoms with E-state index in [4.69, 9.17) is 0 Å². The van der Waals surface area contributed by atoms with E-state index < -0.39 is 0 Å². The van der Waals surface area contributed by atoms with E-state index in [9.17, 15) is 4.79 Å². The molecule has 2 amide bonds. The fourth-order valence-corrected chi connectivity index (χ4v) is 3.33. The quantitative estimate of drug-likeness (QED) is 0.876. The number of amides is 2. The number of aromatic amines is 1. The third-order valence-electron chi connectivity index (χ3n) is 4.83. The highest BCUT2D eigenvalue weighted by Gasteiger charge is 2.33. The van der Waals surface area contributed by atoms with Gasteiger partial charge in [0.2, 0.25) is 0 Å². The zero-order chi connectivity index (χ0) is 17.0. The van der Waals surface area contributed by atoms with E-state index in [1.807, 2.05) is 11.1 Å². The van der Waals surface area contributed by atoms with Crippen LogP contribution in [0.4, 0.5) is 4.79 Å². The number of likely N-dealkylation sites (tertiary alicyclic amines) is 1. The molecule has 1 aromatic rings. The van der Waals surface area contributed by atoms with E-state index in [1.54, 1.807) is 6.20 Å². The maximum atomic E-state index is 12.8. The van der Waals surface area contributed by atoms with Crippen LogP contribution in [0.3, 0.4) is 0 Å². The molecular formula is C17H31N5O. The van der Waals surface area contributed by atoms with Gasteiger partial charge in [0.15, 0.2) is 0 Å². The van der Waals surface area contributed by atoms with E-state index in [0.29, 0.717) is 0 Å². The van der Waals surface area contributed by atoms with Crippen LogP contribution in [0.25, 0.3) is 0 Å². The number of piperidine rings is 1. The monoisotopic (exact) mass is 321 g/mol. The Balaban J connectivity index is 2.03. The Morgan fingerprint density at radius 3 is 2.87 bits per heavy atom. The molecule has 0 aliphatic carbocycles. The first kappa shape index (κ1) is 17.8. The lowest BCUT2D eigenvalue weighted by atomic mass is 9.85. The Bertz CT molecular complexity index is 497. The highest BCUT2D eigenvalue weighted by molar-refractivity contribution is 5.75. The molecule has 0 radical (unpaired) electrons. The van der Waals surface area contributed by atoms with Crippen LogP contribution >= 0.6 is 0 Å². The van der Waals surface area contributed by atoms with E-state index >= 15 is 0 Å². The van der Waals surface area contributed by atoms with Crippen molar-refractivity contribution in [3.8, 4) is 0 Å². The maximum absolute atomic E-state index is 12.8. The molecule has 6 nitrogen and oxygen atoms in total. The van der Waals surface area contributed by atoms with Crippen molar-refractivity contribution >= 4 is 6.03 Å². The van der Waals surface area contributed by atoms with Crippen molar-refractivity contribution in [1.29, 1.82) is 0 Å². The molecule has 2 N–H and O–H groups in total. The van der Waals surface area contributed by atoms with E-state index in [2.05, 4.69) is 55.1 Å². The Labute approximate surface area is 139 Å². The summed E-state index contributed by atoms with van der Waals surface area (Å²) in [7, 11) is 4.13. The number of carbonyl (C=O) groups excluding carboxylic acids is 1. The third-order valence-corrected chi connectivity index (χ3v) is 4.83. The molecule has 1 fully saturated rings. The van der Waals surface area contributed by atoms with Crippen LogP contribution in [-0.4, -0.2) is 59.0 Å². The number of rotatable bonds is 5. The lowest BCUT2D eigenvalue weighted by molar-refractivity contribution is 0.129. The predicted octanol–water partition coefficient (Wildman–Crippen LogP) is 2.62. The summed E-state index contributed by atoms with van der Waals surface area (Å²) in [6, 6.07) is 0.171. The average molecular weight is 321 g/mol. The molecule has 6 heteroatoms. The first-order valence-electron chi connectivity index (χ1n) is 8.52. The molecule has 1 aliphatic rings. The normalized spacial score (nSPS) is 20.6. The molecule has 0 unspecified atom stereocenters. The minimum Gasteiger partial charge on any atom is -0.347 e. The van der Waals surface area contributed by atoms with Crippen LogP contribution in [-0.2, 0) is 0 Å². The maximum Gasteiger partial charge on any atom is 0.318 e. The first-order valence-corrected chi connectivity index (χ1v) is 8.52. The van der Waals surface area contributed by atoms with Gasteiger partial charge in [-0.2, -0.15) is 0 Å². The topological polar surface area (TPSA) is 64.3 Å². The molecule has 0 spiro atoms. The minimum atomic E-state index is 0.00905. The molecule has 1 aliphatic heterocycles. The number of carbonyl (C=O) groups is 1. The van der Waals surface area contributed by atoms with E-state index in [1.165, 1.54) is 0 Å². The van der Waals surface area contributed by atoms with Gasteiger partial charge in [0.25, 0.3) is 0 Å². The van der Waals surface area contributed by atoms with Crippen LogP contribution in [0, 0.1) is 5.41 Å². The van der Waals surface area contributed by atoms with Gasteiger partial charge in [-0.05, 0) is 45.7 Å². The van der Waals surface area contributed by atoms with Crippen molar-refractivity contribution in [1.82, 2.24) is 25.1 Å². The summed E-state index contributed by atoms with van der Waals surface area (Å²) >= 11 is 0. The second-order valence-corrected chi connectivity index (χ2v) is 7.58. The van der Waals surface area contributed by atoms with Gasteiger partial charge in [0, 0.05) is 31.5 Å². The first-order chi connectivity index (χ1) is 10.8. The van der Waals surface area contributed by atoms with Gasteiger partial charge < -0.3 is 20.1 Å². The van der Waals surface area contributed by atoms with Crippen LogP contribution < -0.4 is 5.32 Å². The fraction of sp³-hybridized carbons (Fsp3) is 0.765. The van der Waals surface area contributed by atoms with Crippen LogP contribution in [0.15, 0.2) is 12.4 Å². The van der Waals surface area contributed by atoms with Crippen molar-refractivity contribution in [3.05, 3.63) is 18.2 Å². The van der Waals surface area contributed by atoms with Crippen LogP contribution in [0.2, 0.25) is 0 Å². The molecule has 0 bridgehead atoms.